The van der Waals surface area contributed by atoms with Crippen molar-refractivity contribution in [2.45, 2.75) is 19.7 Å². The minimum atomic E-state index is -4.64. The fourth-order valence-electron chi connectivity index (χ4n) is 3.23. The van der Waals surface area contributed by atoms with Crippen LogP contribution < -0.4 is 0 Å². The van der Waals surface area contributed by atoms with E-state index in [0.717, 1.165) is 6.07 Å². The second-order valence-electron chi connectivity index (χ2n) is 6.88. The zero-order valence-corrected chi connectivity index (χ0v) is 17.2. The van der Waals surface area contributed by atoms with E-state index in [1.54, 1.807) is 6.92 Å². The number of alkyl halides is 3. The summed E-state index contributed by atoms with van der Waals surface area (Å²) in [6, 6.07) is 8.82. The normalized spacial score (nSPS) is 11.5. The second-order valence-corrected chi connectivity index (χ2v) is 6.88. The summed E-state index contributed by atoms with van der Waals surface area (Å²) in [7, 11) is 1.19. The highest BCUT2D eigenvalue weighted by Crippen LogP contribution is 2.37. The number of carbonyl (C=O) groups excluding carboxylic acids is 2. The van der Waals surface area contributed by atoms with Crippen molar-refractivity contribution in [3.63, 3.8) is 0 Å². The van der Waals surface area contributed by atoms with Crippen molar-refractivity contribution >= 4 is 23.0 Å². The van der Waals surface area contributed by atoms with E-state index in [1.165, 1.54) is 43.5 Å². The van der Waals surface area contributed by atoms with Crippen molar-refractivity contribution in [3.8, 4) is 11.3 Å². The van der Waals surface area contributed by atoms with E-state index in [1.807, 2.05) is 0 Å². The predicted octanol–water partition coefficient (Wildman–Crippen LogP) is 4.95. The van der Waals surface area contributed by atoms with Gasteiger partial charge in [-0.05, 0) is 31.2 Å². The highest BCUT2D eigenvalue weighted by molar-refractivity contribution is 6.04. The number of aryl methyl sites for hydroxylation is 1. The van der Waals surface area contributed by atoms with Crippen LogP contribution in [0.4, 0.5) is 13.2 Å². The summed E-state index contributed by atoms with van der Waals surface area (Å²) in [5, 5.41) is 3.97. The van der Waals surface area contributed by atoms with Crippen molar-refractivity contribution in [1.82, 2.24) is 10.1 Å². The average molecular weight is 460 g/mol. The van der Waals surface area contributed by atoms with Gasteiger partial charge in [-0.3, -0.25) is 0 Å². The number of halogens is 3. The number of hydrogen-bond donors (Lipinski definition) is 0. The molecule has 0 radical (unpaired) electrons. The molecule has 0 amide bonds. The molecular formula is C22H15F3N2O6. The molecule has 11 heteroatoms. The third kappa shape index (κ3) is 4.29. The van der Waals surface area contributed by atoms with E-state index in [2.05, 4.69) is 14.9 Å². The van der Waals surface area contributed by atoms with Crippen LogP contribution in [0.15, 0.2) is 51.4 Å². The molecule has 170 valence electrons. The van der Waals surface area contributed by atoms with Crippen molar-refractivity contribution < 1.29 is 41.2 Å². The van der Waals surface area contributed by atoms with Gasteiger partial charge in [0.25, 0.3) is 5.71 Å². The van der Waals surface area contributed by atoms with Gasteiger partial charge in [-0.2, -0.15) is 13.2 Å². The quantitative estimate of drug-likeness (QED) is 0.385. The van der Waals surface area contributed by atoms with Crippen LogP contribution >= 0.6 is 0 Å². The first-order valence-corrected chi connectivity index (χ1v) is 9.47. The molecule has 0 aliphatic rings. The smallest absolute Gasteiger partial charge is 0.417 e. The first-order chi connectivity index (χ1) is 15.7. The van der Waals surface area contributed by atoms with Gasteiger partial charge >= 0.3 is 18.1 Å². The van der Waals surface area contributed by atoms with E-state index in [4.69, 9.17) is 13.7 Å². The molecule has 33 heavy (non-hydrogen) atoms. The van der Waals surface area contributed by atoms with E-state index in [0.29, 0.717) is 5.69 Å². The summed E-state index contributed by atoms with van der Waals surface area (Å²) in [4.78, 5) is 28.5. The zero-order valence-electron chi connectivity index (χ0n) is 17.2. The van der Waals surface area contributed by atoms with Gasteiger partial charge in [0.2, 0.25) is 5.76 Å². The Hall–Kier alpha value is -4.15. The average Bonchev–Trinajstić information content (AvgIpc) is 3.42. The monoisotopic (exact) mass is 460 g/mol. The highest BCUT2D eigenvalue weighted by atomic mass is 19.4. The topological polar surface area (TPSA) is 105 Å². The molecule has 3 aromatic heterocycles. The number of methoxy groups -OCH3 is 1. The maximum Gasteiger partial charge on any atom is 0.417 e. The number of rotatable bonds is 5. The lowest BCUT2D eigenvalue weighted by Gasteiger charge is -2.13. The summed E-state index contributed by atoms with van der Waals surface area (Å²) in [6.07, 6.45) is -4.64. The standard InChI is InChI=1S/C22H15F3N2O6/c1-11-18-14(20(28)31-10-12-7-8-17(32-12)21(29)30-2)9-16(26-19(18)33-27-11)13-5-3-4-6-15(13)22(23,24)25/h3-9H,10H2,1-2H3. The lowest BCUT2D eigenvalue weighted by atomic mass is 10.0. The summed E-state index contributed by atoms with van der Waals surface area (Å²) >= 11 is 0. The zero-order chi connectivity index (χ0) is 23.8. The fourth-order valence-corrected chi connectivity index (χ4v) is 3.23. The SMILES string of the molecule is COC(=O)c1ccc(COC(=O)c2cc(-c3ccccc3C(F)(F)F)nc3onc(C)c23)o1. The Morgan fingerprint density at radius 3 is 2.58 bits per heavy atom. The van der Waals surface area contributed by atoms with Gasteiger partial charge in [0.15, 0.2) is 0 Å². The number of fused-ring (bicyclic) bond motifs is 1. The number of pyridine rings is 1. The minimum Gasteiger partial charge on any atom is -0.463 e. The molecule has 0 spiro atoms. The number of hydrogen-bond acceptors (Lipinski definition) is 8. The molecule has 4 aromatic rings. The lowest BCUT2D eigenvalue weighted by Crippen LogP contribution is -2.09. The van der Waals surface area contributed by atoms with E-state index in [9.17, 15) is 22.8 Å². The van der Waals surface area contributed by atoms with Crippen LogP contribution in [0.5, 0.6) is 0 Å². The van der Waals surface area contributed by atoms with Gasteiger partial charge in [-0.1, -0.05) is 23.4 Å². The largest absolute Gasteiger partial charge is 0.463 e. The Morgan fingerprint density at radius 1 is 1.09 bits per heavy atom. The summed E-state index contributed by atoms with van der Waals surface area (Å²) in [5.74, 6) is -1.47. The fraction of sp³-hybridized carbons (Fsp3) is 0.182. The Bertz CT molecular complexity index is 1360. The van der Waals surface area contributed by atoms with Crippen LogP contribution in [0.1, 0.15) is 37.9 Å². The van der Waals surface area contributed by atoms with Crippen LogP contribution in [0.2, 0.25) is 0 Å². The van der Waals surface area contributed by atoms with Crippen LogP contribution in [0.3, 0.4) is 0 Å². The van der Waals surface area contributed by atoms with Gasteiger partial charge in [-0.15, -0.1) is 0 Å². The van der Waals surface area contributed by atoms with Crippen LogP contribution in [0.25, 0.3) is 22.4 Å². The molecule has 0 bridgehead atoms. The number of nitrogens with zero attached hydrogens (tertiary/aromatic N) is 2. The highest BCUT2D eigenvalue weighted by Gasteiger charge is 2.34. The summed E-state index contributed by atoms with van der Waals surface area (Å²) in [5.41, 5.74) is -1.16. The molecule has 0 fully saturated rings. The summed E-state index contributed by atoms with van der Waals surface area (Å²) < 4.78 is 60.7. The van der Waals surface area contributed by atoms with Gasteiger partial charge in [-0.25, -0.2) is 14.6 Å². The molecule has 0 N–H and O–H groups in total. The molecule has 0 saturated carbocycles. The minimum absolute atomic E-state index is 0.0734. The number of benzene rings is 1. The molecule has 0 atom stereocenters. The first kappa shape index (κ1) is 22.1. The Morgan fingerprint density at radius 2 is 1.85 bits per heavy atom. The molecular weight excluding hydrogens is 445 g/mol. The molecule has 0 unspecified atom stereocenters. The summed E-state index contributed by atoms with van der Waals surface area (Å²) in [6.45, 7) is 1.22. The van der Waals surface area contributed by atoms with Crippen molar-refractivity contribution in [2.24, 2.45) is 0 Å². The molecule has 1 aromatic carbocycles. The second kappa shape index (κ2) is 8.41. The van der Waals surface area contributed by atoms with E-state index < -0.39 is 23.7 Å². The lowest BCUT2D eigenvalue weighted by molar-refractivity contribution is -0.137. The number of ether oxygens (including phenoxy) is 2. The first-order valence-electron chi connectivity index (χ1n) is 9.47. The Kier molecular flexibility index (Phi) is 5.62. The number of aromatic nitrogens is 2. The molecule has 0 aliphatic carbocycles. The third-order valence-electron chi connectivity index (χ3n) is 4.74. The van der Waals surface area contributed by atoms with Crippen molar-refractivity contribution in [2.75, 3.05) is 7.11 Å². The Labute approximate surface area is 183 Å². The third-order valence-corrected chi connectivity index (χ3v) is 4.74. The van der Waals surface area contributed by atoms with Crippen LogP contribution in [-0.2, 0) is 22.3 Å². The van der Waals surface area contributed by atoms with Crippen molar-refractivity contribution in [3.05, 3.63) is 70.8 Å². The molecule has 4 rings (SSSR count). The number of esters is 2. The molecule has 8 nitrogen and oxygen atoms in total. The van der Waals surface area contributed by atoms with Crippen molar-refractivity contribution in [1.29, 1.82) is 0 Å². The predicted molar refractivity (Wildman–Crippen MR) is 106 cm³/mol. The van der Waals surface area contributed by atoms with Gasteiger partial charge in [0.1, 0.15) is 12.4 Å². The van der Waals surface area contributed by atoms with Gasteiger partial charge < -0.3 is 18.4 Å². The van der Waals surface area contributed by atoms with Gasteiger partial charge in [0, 0.05) is 5.56 Å². The van der Waals surface area contributed by atoms with E-state index >= 15 is 0 Å². The number of furan rings is 1. The number of carbonyl (C=O) groups is 2. The maximum absolute atomic E-state index is 13.5. The maximum atomic E-state index is 13.5. The molecule has 0 aliphatic heterocycles. The Balaban J connectivity index is 1.71. The molecule has 0 saturated heterocycles. The van der Waals surface area contributed by atoms with Crippen LogP contribution in [0, 0.1) is 6.92 Å². The van der Waals surface area contributed by atoms with Crippen LogP contribution in [-0.4, -0.2) is 29.2 Å². The van der Waals surface area contributed by atoms with Gasteiger partial charge in [0.05, 0.1) is 35.0 Å². The molecule has 3 heterocycles. The van der Waals surface area contributed by atoms with E-state index in [-0.39, 0.29) is 46.0 Å².